The van der Waals surface area contributed by atoms with Crippen molar-refractivity contribution in [3.05, 3.63) is 0 Å². The van der Waals surface area contributed by atoms with Crippen molar-refractivity contribution >= 4 is 25.8 Å². The third-order valence-electron chi connectivity index (χ3n) is 2.68. The van der Waals surface area contributed by atoms with Crippen LogP contribution >= 0.6 is 8.03 Å². The molecular formula is C11H20N3O6P. The van der Waals surface area contributed by atoms with E-state index in [1.807, 2.05) is 0 Å². The predicted octanol–water partition coefficient (Wildman–Crippen LogP) is -3.41. The van der Waals surface area contributed by atoms with Crippen LogP contribution in [0.4, 0.5) is 0 Å². The van der Waals surface area contributed by atoms with Gasteiger partial charge < -0.3 is 31.2 Å². The van der Waals surface area contributed by atoms with Gasteiger partial charge in [0.1, 0.15) is 0 Å². The van der Waals surface area contributed by atoms with Gasteiger partial charge >= 0.3 is 8.03 Å². The summed E-state index contributed by atoms with van der Waals surface area (Å²) < 4.78 is 10.6. The predicted molar refractivity (Wildman–Crippen MR) is 68.4 cm³/mol. The molecule has 2 amide bonds. The number of aliphatic carboxylic acids is 1. The number of hydrogen-bond donors (Lipinski definition) is 3. The Balaban J connectivity index is 4.00. The molecule has 1 unspecified atom stereocenters. The number of carboxylic acid groups (broad SMARTS) is 1. The monoisotopic (exact) mass is 321 g/mol. The summed E-state index contributed by atoms with van der Waals surface area (Å²) in [6.07, 6.45) is 0.961. The summed E-state index contributed by atoms with van der Waals surface area (Å²) in [5, 5.41) is 15.4. The molecule has 0 aromatic carbocycles. The Hall–Kier alpha value is -1.57. The Morgan fingerprint density at radius 3 is 2.29 bits per heavy atom. The maximum Gasteiger partial charge on any atom is 0.333 e. The van der Waals surface area contributed by atoms with Gasteiger partial charge in [-0.25, -0.2) is 0 Å². The molecule has 0 aliphatic carbocycles. The Bertz CT molecular complexity index is 403. The second-order valence-corrected chi connectivity index (χ2v) is 5.81. The Kier molecular flexibility index (Phi) is 9.44. The Morgan fingerprint density at radius 1 is 1.19 bits per heavy atom. The number of rotatable bonds is 10. The topological polar surface area (TPSA) is 166 Å². The molecule has 3 atom stereocenters. The molecule has 0 aromatic heterocycles. The van der Waals surface area contributed by atoms with E-state index in [4.69, 9.17) is 0 Å². The van der Waals surface area contributed by atoms with Gasteiger partial charge in [-0.15, -0.1) is 0 Å². The molecule has 9 nitrogen and oxygen atoms in total. The van der Waals surface area contributed by atoms with Crippen LogP contribution in [0.5, 0.6) is 0 Å². The second-order valence-electron chi connectivity index (χ2n) is 4.46. The molecule has 0 aromatic rings. The average Bonchev–Trinajstić information content (AvgIpc) is 2.41. The number of carbonyl (C=O) groups is 3. The smallest absolute Gasteiger partial charge is 0.333 e. The van der Waals surface area contributed by atoms with E-state index in [0.29, 0.717) is 12.8 Å². The SMILES string of the molecule is C[C@@H](NC(=O)CCCC[C@H](NC(=O)C[NH3+])C(=O)[O-])[P+](=O)[O-]. The molecular weight excluding hydrogens is 301 g/mol. The lowest BCUT2D eigenvalue weighted by molar-refractivity contribution is -0.355. The fraction of sp³-hybridized carbons (Fsp3) is 0.727. The summed E-state index contributed by atoms with van der Waals surface area (Å²) in [7, 11) is -2.72. The molecule has 120 valence electrons. The lowest BCUT2D eigenvalue weighted by atomic mass is 10.1. The van der Waals surface area contributed by atoms with Crippen molar-refractivity contribution in [2.45, 2.75) is 44.4 Å². The standard InChI is InChI=1S/C11H20N3O6P/c1-7(21(19)20)13-9(15)5-3-2-4-8(11(17)18)14-10(16)6-12/h7-8H,2-6,12H2,1H3,(H,13,15)(H,14,16)(H,17,18)/t7-,8-/m0/s1. The van der Waals surface area contributed by atoms with Gasteiger partial charge in [-0.2, -0.15) is 0 Å². The van der Waals surface area contributed by atoms with Gasteiger partial charge in [-0.05, 0) is 12.8 Å². The molecule has 0 saturated carbocycles. The van der Waals surface area contributed by atoms with Crippen LogP contribution in [0.15, 0.2) is 0 Å². The molecule has 0 heterocycles. The highest BCUT2D eigenvalue weighted by atomic mass is 31.1. The van der Waals surface area contributed by atoms with E-state index in [-0.39, 0.29) is 19.4 Å². The highest BCUT2D eigenvalue weighted by Gasteiger charge is 2.17. The van der Waals surface area contributed by atoms with Gasteiger partial charge in [0, 0.05) is 13.3 Å². The second kappa shape index (κ2) is 10.2. The van der Waals surface area contributed by atoms with Crippen LogP contribution in [0.25, 0.3) is 0 Å². The van der Waals surface area contributed by atoms with Crippen LogP contribution in [0, 0.1) is 0 Å². The molecule has 0 saturated heterocycles. The highest BCUT2D eigenvalue weighted by molar-refractivity contribution is 7.37. The van der Waals surface area contributed by atoms with Crippen molar-refractivity contribution in [2.75, 3.05) is 6.54 Å². The molecule has 0 aliphatic heterocycles. The van der Waals surface area contributed by atoms with Gasteiger partial charge in [0.15, 0.2) is 6.54 Å². The Morgan fingerprint density at radius 2 is 1.81 bits per heavy atom. The lowest BCUT2D eigenvalue weighted by Crippen LogP contribution is -2.60. The minimum absolute atomic E-state index is 0.0720. The summed E-state index contributed by atoms with van der Waals surface area (Å²) in [5.74, 6) is -3.23. The van der Waals surface area contributed by atoms with Crippen molar-refractivity contribution in [3.63, 3.8) is 0 Å². The molecule has 0 radical (unpaired) electrons. The summed E-state index contributed by atoms with van der Waals surface area (Å²) in [4.78, 5) is 43.8. The quantitative estimate of drug-likeness (QED) is 0.280. The van der Waals surface area contributed by atoms with E-state index in [1.165, 1.54) is 6.92 Å². The van der Waals surface area contributed by atoms with Crippen LogP contribution in [0.2, 0.25) is 0 Å². The van der Waals surface area contributed by atoms with Gasteiger partial charge in [0.2, 0.25) is 11.7 Å². The third-order valence-corrected chi connectivity index (χ3v) is 3.44. The number of hydrogen-bond acceptors (Lipinski definition) is 6. The van der Waals surface area contributed by atoms with E-state index in [0.717, 1.165) is 0 Å². The summed E-state index contributed by atoms with van der Waals surface area (Å²) >= 11 is 0. The van der Waals surface area contributed by atoms with Crippen molar-refractivity contribution < 1.29 is 34.7 Å². The third kappa shape index (κ3) is 9.06. The molecule has 0 aliphatic rings. The van der Waals surface area contributed by atoms with Crippen molar-refractivity contribution in [1.82, 2.24) is 10.6 Å². The summed E-state index contributed by atoms with van der Waals surface area (Å²) in [6.45, 7) is 1.28. The fourth-order valence-electron chi connectivity index (χ4n) is 1.51. The zero-order valence-electron chi connectivity index (χ0n) is 11.8. The minimum Gasteiger partial charge on any atom is -0.594 e. The fourth-order valence-corrected chi connectivity index (χ4v) is 1.76. The molecule has 10 heteroatoms. The largest absolute Gasteiger partial charge is 0.594 e. The van der Waals surface area contributed by atoms with E-state index in [1.54, 1.807) is 0 Å². The molecule has 21 heavy (non-hydrogen) atoms. The van der Waals surface area contributed by atoms with Crippen LogP contribution in [-0.4, -0.2) is 36.2 Å². The maximum absolute atomic E-state index is 11.4. The normalized spacial score (nSPS) is 14.0. The van der Waals surface area contributed by atoms with Crippen molar-refractivity contribution in [3.8, 4) is 0 Å². The molecule has 0 fully saturated rings. The highest BCUT2D eigenvalue weighted by Crippen LogP contribution is 2.14. The zero-order valence-corrected chi connectivity index (χ0v) is 12.7. The van der Waals surface area contributed by atoms with Crippen LogP contribution in [-0.2, 0) is 18.9 Å². The van der Waals surface area contributed by atoms with Crippen molar-refractivity contribution in [1.29, 1.82) is 0 Å². The number of carboxylic acids is 1. The summed E-state index contributed by atoms with van der Waals surface area (Å²) in [6, 6.07) is -1.11. The molecule has 0 spiro atoms. The van der Waals surface area contributed by atoms with E-state index in [2.05, 4.69) is 16.4 Å². The zero-order chi connectivity index (χ0) is 16.4. The first kappa shape index (κ1) is 19.4. The first-order valence-electron chi connectivity index (χ1n) is 6.50. The minimum atomic E-state index is -2.72. The van der Waals surface area contributed by atoms with Crippen LogP contribution in [0.1, 0.15) is 32.6 Å². The lowest BCUT2D eigenvalue weighted by Gasteiger charge is -2.18. The first-order chi connectivity index (χ1) is 9.77. The first-order valence-corrected chi connectivity index (χ1v) is 7.75. The van der Waals surface area contributed by atoms with E-state index in [9.17, 15) is 28.9 Å². The van der Waals surface area contributed by atoms with Gasteiger partial charge in [0.05, 0.1) is 12.0 Å². The summed E-state index contributed by atoms with van der Waals surface area (Å²) in [5.41, 5.74) is 3.33. The number of nitrogens with one attached hydrogen (secondary N) is 2. The number of unbranched alkanes of at least 4 members (excludes halogenated alkanes) is 1. The van der Waals surface area contributed by atoms with Crippen molar-refractivity contribution in [2.24, 2.45) is 0 Å². The van der Waals surface area contributed by atoms with Gasteiger partial charge in [-0.3, -0.25) is 9.59 Å². The average molecular weight is 321 g/mol. The van der Waals surface area contributed by atoms with Crippen LogP contribution in [0.3, 0.4) is 0 Å². The number of carbonyl (C=O) groups excluding carboxylic acids is 3. The van der Waals surface area contributed by atoms with Crippen LogP contribution < -0.4 is 26.4 Å². The van der Waals surface area contributed by atoms with E-state index < -0.39 is 37.6 Å². The van der Waals surface area contributed by atoms with Gasteiger partial charge in [0.25, 0.3) is 5.91 Å². The maximum atomic E-state index is 11.4. The number of amides is 2. The number of quaternary nitrogens is 1. The molecule has 5 N–H and O–H groups in total. The van der Waals surface area contributed by atoms with Gasteiger partial charge in [-0.1, -0.05) is 11.0 Å². The molecule has 0 bridgehead atoms. The molecule has 0 rings (SSSR count). The van der Waals surface area contributed by atoms with E-state index >= 15 is 0 Å². The Labute approximate surface area is 123 Å².